The van der Waals surface area contributed by atoms with E-state index in [0.29, 0.717) is 18.8 Å². The third kappa shape index (κ3) is 3.15. The molecular formula is C15H21N3O3. The second-order valence-electron chi connectivity index (χ2n) is 5.16. The molecule has 1 aliphatic rings. The second-order valence-corrected chi connectivity index (χ2v) is 5.16. The standard InChI is InChI=1S/C15H21N3O3/c1-4-6-12-15(20)18(10(2)13(19)17-12)9-11-7-5-8-16-14(11)21-3/h5,7-8,10,12H,4,6,9H2,1-3H3,(H,17,19). The van der Waals surface area contributed by atoms with Gasteiger partial charge in [0.15, 0.2) is 0 Å². The van der Waals surface area contributed by atoms with Gasteiger partial charge in [-0.2, -0.15) is 0 Å². The lowest BCUT2D eigenvalue weighted by Crippen LogP contribution is -2.61. The van der Waals surface area contributed by atoms with Crippen molar-refractivity contribution in [2.45, 2.75) is 45.3 Å². The maximum absolute atomic E-state index is 12.5. The van der Waals surface area contributed by atoms with Gasteiger partial charge in [-0.05, 0) is 19.4 Å². The van der Waals surface area contributed by atoms with Gasteiger partial charge >= 0.3 is 0 Å². The highest BCUT2D eigenvalue weighted by atomic mass is 16.5. The smallest absolute Gasteiger partial charge is 0.246 e. The van der Waals surface area contributed by atoms with Gasteiger partial charge in [-0.25, -0.2) is 4.98 Å². The fourth-order valence-corrected chi connectivity index (χ4v) is 2.50. The molecule has 0 aromatic carbocycles. The van der Waals surface area contributed by atoms with Crippen LogP contribution >= 0.6 is 0 Å². The molecule has 0 bridgehead atoms. The van der Waals surface area contributed by atoms with Gasteiger partial charge < -0.3 is 15.0 Å². The first-order valence-corrected chi connectivity index (χ1v) is 7.17. The van der Waals surface area contributed by atoms with Gasteiger partial charge in [0, 0.05) is 11.8 Å². The lowest BCUT2D eigenvalue weighted by molar-refractivity contribution is -0.149. The first kappa shape index (κ1) is 15.3. The summed E-state index contributed by atoms with van der Waals surface area (Å²) in [5.74, 6) is 0.321. The van der Waals surface area contributed by atoms with Crippen molar-refractivity contribution in [2.24, 2.45) is 0 Å². The molecule has 114 valence electrons. The topological polar surface area (TPSA) is 71.5 Å². The summed E-state index contributed by atoms with van der Waals surface area (Å²) in [6.45, 7) is 4.05. The zero-order valence-electron chi connectivity index (χ0n) is 12.6. The summed E-state index contributed by atoms with van der Waals surface area (Å²) in [6.07, 6.45) is 3.13. The Morgan fingerprint density at radius 1 is 1.43 bits per heavy atom. The van der Waals surface area contributed by atoms with Crippen LogP contribution in [0.15, 0.2) is 18.3 Å². The summed E-state index contributed by atoms with van der Waals surface area (Å²) in [7, 11) is 1.54. The molecule has 2 heterocycles. The summed E-state index contributed by atoms with van der Waals surface area (Å²) < 4.78 is 5.21. The molecule has 21 heavy (non-hydrogen) atoms. The number of carbonyl (C=O) groups is 2. The van der Waals surface area contributed by atoms with E-state index >= 15 is 0 Å². The fraction of sp³-hybridized carbons (Fsp3) is 0.533. The Labute approximate surface area is 124 Å². The van der Waals surface area contributed by atoms with Gasteiger partial charge in [-0.15, -0.1) is 0 Å². The quantitative estimate of drug-likeness (QED) is 0.882. The van der Waals surface area contributed by atoms with E-state index in [-0.39, 0.29) is 11.8 Å². The molecule has 6 nitrogen and oxygen atoms in total. The molecule has 1 aromatic rings. The normalized spacial score (nSPS) is 22.1. The number of rotatable bonds is 5. The predicted molar refractivity (Wildman–Crippen MR) is 77.6 cm³/mol. The molecule has 1 aliphatic heterocycles. The van der Waals surface area contributed by atoms with Crippen molar-refractivity contribution in [3.8, 4) is 5.88 Å². The molecule has 1 fully saturated rings. The molecule has 6 heteroatoms. The minimum Gasteiger partial charge on any atom is -0.481 e. The highest BCUT2D eigenvalue weighted by Crippen LogP contribution is 2.21. The first-order valence-electron chi connectivity index (χ1n) is 7.17. The monoisotopic (exact) mass is 291 g/mol. The first-order chi connectivity index (χ1) is 10.1. The van der Waals surface area contributed by atoms with Crippen LogP contribution in [0.25, 0.3) is 0 Å². The molecule has 1 aromatic heterocycles. The Hall–Kier alpha value is -2.11. The summed E-state index contributed by atoms with van der Waals surface area (Å²) in [5.41, 5.74) is 0.796. The van der Waals surface area contributed by atoms with Crippen LogP contribution in [0.4, 0.5) is 0 Å². The second kappa shape index (κ2) is 6.56. The zero-order chi connectivity index (χ0) is 15.4. The molecule has 0 radical (unpaired) electrons. The Kier molecular flexibility index (Phi) is 4.77. The van der Waals surface area contributed by atoms with Gasteiger partial charge in [0.1, 0.15) is 12.1 Å². The maximum atomic E-state index is 12.5. The Bertz CT molecular complexity index is 533. The van der Waals surface area contributed by atoms with Crippen molar-refractivity contribution >= 4 is 11.8 Å². The van der Waals surface area contributed by atoms with Crippen molar-refractivity contribution in [2.75, 3.05) is 7.11 Å². The number of amides is 2. The number of nitrogens with one attached hydrogen (secondary N) is 1. The molecule has 1 N–H and O–H groups in total. The largest absolute Gasteiger partial charge is 0.481 e. The number of piperazine rings is 1. The predicted octanol–water partition coefficient (Wildman–Crippen LogP) is 1.11. The van der Waals surface area contributed by atoms with Gasteiger partial charge in [-0.1, -0.05) is 19.4 Å². The average molecular weight is 291 g/mol. The highest BCUT2D eigenvalue weighted by Gasteiger charge is 2.37. The van der Waals surface area contributed by atoms with E-state index in [1.54, 1.807) is 31.2 Å². The molecule has 2 amide bonds. The van der Waals surface area contributed by atoms with E-state index in [2.05, 4.69) is 10.3 Å². The number of carbonyl (C=O) groups excluding carboxylic acids is 2. The number of hydrogen-bond donors (Lipinski definition) is 1. The van der Waals surface area contributed by atoms with Gasteiger partial charge in [-0.3, -0.25) is 9.59 Å². The Balaban J connectivity index is 2.23. The Morgan fingerprint density at radius 3 is 2.86 bits per heavy atom. The summed E-state index contributed by atoms with van der Waals surface area (Å²) >= 11 is 0. The highest BCUT2D eigenvalue weighted by molar-refractivity contribution is 5.96. The van der Waals surface area contributed by atoms with Crippen molar-refractivity contribution in [3.05, 3.63) is 23.9 Å². The van der Waals surface area contributed by atoms with Crippen molar-refractivity contribution in [1.29, 1.82) is 0 Å². The maximum Gasteiger partial charge on any atom is 0.246 e. The van der Waals surface area contributed by atoms with Gasteiger partial charge in [0.25, 0.3) is 0 Å². The molecule has 0 aliphatic carbocycles. The molecule has 1 saturated heterocycles. The summed E-state index contributed by atoms with van der Waals surface area (Å²) in [5, 5.41) is 2.78. The van der Waals surface area contributed by atoms with E-state index in [4.69, 9.17) is 4.74 Å². The average Bonchev–Trinajstić information content (AvgIpc) is 2.49. The van der Waals surface area contributed by atoms with Crippen LogP contribution in [-0.2, 0) is 16.1 Å². The van der Waals surface area contributed by atoms with Crippen LogP contribution in [-0.4, -0.2) is 40.9 Å². The van der Waals surface area contributed by atoms with E-state index in [1.807, 2.05) is 13.0 Å². The van der Waals surface area contributed by atoms with Crippen LogP contribution < -0.4 is 10.1 Å². The molecule has 0 spiro atoms. The van der Waals surface area contributed by atoms with Gasteiger partial charge in [0.05, 0.1) is 13.7 Å². The van der Waals surface area contributed by atoms with Crippen molar-refractivity contribution in [1.82, 2.24) is 15.2 Å². The molecule has 2 rings (SSSR count). The molecular weight excluding hydrogens is 270 g/mol. The van der Waals surface area contributed by atoms with E-state index in [0.717, 1.165) is 12.0 Å². The number of ether oxygens (including phenoxy) is 1. The van der Waals surface area contributed by atoms with Crippen molar-refractivity contribution in [3.63, 3.8) is 0 Å². The zero-order valence-corrected chi connectivity index (χ0v) is 12.6. The fourth-order valence-electron chi connectivity index (χ4n) is 2.50. The Morgan fingerprint density at radius 2 is 2.19 bits per heavy atom. The van der Waals surface area contributed by atoms with E-state index < -0.39 is 12.1 Å². The summed E-state index contributed by atoms with van der Waals surface area (Å²) in [4.78, 5) is 30.3. The minimum absolute atomic E-state index is 0.0464. The van der Waals surface area contributed by atoms with Crippen LogP contribution in [0.5, 0.6) is 5.88 Å². The number of nitrogens with zero attached hydrogens (tertiary/aromatic N) is 2. The molecule has 2 atom stereocenters. The van der Waals surface area contributed by atoms with E-state index in [1.165, 1.54) is 0 Å². The SMILES string of the molecule is CCCC1NC(=O)C(C)N(Cc2cccnc2OC)C1=O. The number of methoxy groups -OCH3 is 1. The minimum atomic E-state index is -0.490. The van der Waals surface area contributed by atoms with Crippen LogP contribution in [0.3, 0.4) is 0 Å². The van der Waals surface area contributed by atoms with Crippen LogP contribution in [0.1, 0.15) is 32.3 Å². The van der Waals surface area contributed by atoms with Crippen molar-refractivity contribution < 1.29 is 14.3 Å². The third-order valence-corrected chi connectivity index (χ3v) is 3.71. The molecule has 2 unspecified atom stereocenters. The summed E-state index contributed by atoms with van der Waals surface area (Å²) in [6, 6.07) is 2.73. The molecule has 0 saturated carbocycles. The number of hydrogen-bond acceptors (Lipinski definition) is 4. The number of pyridine rings is 1. The lowest BCUT2D eigenvalue weighted by atomic mass is 10.0. The lowest BCUT2D eigenvalue weighted by Gasteiger charge is -2.37. The van der Waals surface area contributed by atoms with Crippen LogP contribution in [0, 0.1) is 0 Å². The van der Waals surface area contributed by atoms with Gasteiger partial charge in [0.2, 0.25) is 17.7 Å². The van der Waals surface area contributed by atoms with Crippen LogP contribution in [0.2, 0.25) is 0 Å². The number of aromatic nitrogens is 1. The van der Waals surface area contributed by atoms with E-state index in [9.17, 15) is 9.59 Å². The third-order valence-electron chi connectivity index (χ3n) is 3.71.